The Labute approximate surface area is 183 Å². The van der Waals surface area contributed by atoms with Crippen LogP contribution in [0, 0.1) is 5.92 Å². The lowest BCUT2D eigenvalue weighted by Gasteiger charge is -2.31. The Balaban J connectivity index is 1.71. The highest BCUT2D eigenvalue weighted by Crippen LogP contribution is 2.32. The van der Waals surface area contributed by atoms with E-state index in [1.54, 1.807) is 30.3 Å². The van der Waals surface area contributed by atoms with Gasteiger partial charge in [0, 0.05) is 24.8 Å². The van der Waals surface area contributed by atoms with Gasteiger partial charge in [0.2, 0.25) is 15.9 Å². The Kier molecular flexibility index (Phi) is 7.40. The second-order valence-electron chi connectivity index (χ2n) is 7.17. The molecule has 0 radical (unpaired) electrons. The van der Waals surface area contributed by atoms with Crippen molar-refractivity contribution in [3.63, 3.8) is 0 Å². The van der Waals surface area contributed by atoms with E-state index in [1.165, 1.54) is 30.7 Å². The molecule has 0 aliphatic carbocycles. The second-order valence-corrected chi connectivity index (χ2v) is 9.10. The van der Waals surface area contributed by atoms with Crippen molar-refractivity contribution in [2.75, 3.05) is 39.2 Å². The third kappa shape index (κ3) is 5.29. The Bertz CT molecular complexity index is 1010. The lowest BCUT2D eigenvalue weighted by Crippen LogP contribution is -2.43. The number of sulfonamides is 1. The summed E-state index contributed by atoms with van der Waals surface area (Å²) in [6.07, 6.45) is 1.23. The van der Waals surface area contributed by atoms with Gasteiger partial charge in [-0.2, -0.15) is 4.31 Å². The number of anilines is 1. The molecule has 3 rings (SSSR count). The van der Waals surface area contributed by atoms with E-state index in [1.807, 2.05) is 6.92 Å². The fourth-order valence-electron chi connectivity index (χ4n) is 3.55. The molecule has 0 spiro atoms. The molecule has 1 atom stereocenters. The lowest BCUT2D eigenvalue weighted by atomic mass is 9.99. The number of ether oxygens (including phenoxy) is 3. The first-order valence-electron chi connectivity index (χ1n) is 10.1. The molecule has 1 saturated heterocycles. The molecule has 1 heterocycles. The van der Waals surface area contributed by atoms with E-state index in [0.29, 0.717) is 43.2 Å². The minimum absolute atomic E-state index is 0.109. The first-order valence-corrected chi connectivity index (χ1v) is 11.6. The number of amides is 1. The number of piperidine rings is 1. The SMILES string of the molecule is CCOc1ccc(NC(=O)[C@H]2CCCN(S(=O)(=O)c3ccc(OC)c(OC)c3)C2)cc1. The summed E-state index contributed by atoms with van der Waals surface area (Å²) < 4.78 is 43.5. The van der Waals surface area contributed by atoms with Gasteiger partial charge in [-0.1, -0.05) is 0 Å². The zero-order chi connectivity index (χ0) is 22.4. The van der Waals surface area contributed by atoms with E-state index >= 15 is 0 Å². The highest BCUT2D eigenvalue weighted by atomic mass is 32.2. The Morgan fingerprint density at radius 1 is 1.10 bits per heavy atom. The van der Waals surface area contributed by atoms with E-state index < -0.39 is 15.9 Å². The molecule has 2 aromatic carbocycles. The van der Waals surface area contributed by atoms with Crippen LogP contribution in [-0.2, 0) is 14.8 Å². The predicted molar refractivity (Wildman–Crippen MR) is 117 cm³/mol. The summed E-state index contributed by atoms with van der Waals surface area (Å²) >= 11 is 0. The first kappa shape index (κ1) is 22.9. The Morgan fingerprint density at radius 2 is 1.81 bits per heavy atom. The number of nitrogens with zero attached hydrogens (tertiary/aromatic N) is 1. The quantitative estimate of drug-likeness (QED) is 0.667. The summed E-state index contributed by atoms with van der Waals surface area (Å²) in [5, 5.41) is 2.87. The van der Waals surface area contributed by atoms with Gasteiger partial charge >= 0.3 is 0 Å². The van der Waals surface area contributed by atoms with Gasteiger partial charge in [0.05, 0.1) is 31.6 Å². The molecule has 31 heavy (non-hydrogen) atoms. The van der Waals surface area contributed by atoms with E-state index in [0.717, 1.165) is 5.75 Å². The molecule has 0 unspecified atom stereocenters. The maximum absolute atomic E-state index is 13.2. The number of hydrogen-bond acceptors (Lipinski definition) is 6. The highest BCUT2D eigenvalue weighted by molar-refractivity contribution is 7.89. The van der Waals surface area contributed by atoms with Crippen LogP contribution in [0.15, 0.2) is 47.4 Å². The number of rotatable bonds is 8. The van der Waals surface area contributed by atoms with Gasteiger partial charge in [0.25, 0.3) is 0 Å². The number of benzene rings is 2. The summed E-state index contributed by atoms with van der Waals surface area (Å²) in [6.45, 7) is 2.96. The van der Waals surface area contributed by atoms with Crippen molar-refractivity contribution >= 4 is 21.6 Å². The molecule has 1 aliphatic rings. The molecule has 168 valence electrons. The van der Waals surface area contributed by atoms with Gasteiger partial charge < -0.3 is 19.5 Å². The van der Waals surface area contributed by atoms with Crippen LogP contribution < -0.4 is 19.5 Å². The van der Waals surface area contributed by atoms with Crippen LogP contribution in [0.5, 0.6) is 17.2 Å². The topological polar surface area (TPSA) is 94.2 Å². The van der Waals surface area contributed by atoms with Crippen molar-refractivity contribution in [1.29, 1.82) is 0 Å². The van der Waals surface area contributed by atoms with Crippen molar-refractivity contribution < 1.29 is 27.4 Å². The van der Waals surface area contributed by atoms with Crippen LogP contribution >= 0.6 is 0 Å². The average molecular weight is 449 g/mol. The fourth-order valence-corrected chi connectivity index (χ4v) is 5.09. The molecule has 1 aliphatic heterocycles. The number of nitrogens with one attached hydrogen (secondary N) is 1. The molecule has 1 N–H and O–H groups in total. The normalized spacial score (nSPS) is 17.1. The number of hydrogen-bond donors (Lipinski definition) is 1. The molecule has 0 saturated carbocycles. The number of carbonyl (C=O) groups excluding carboxylic acids is 1. The van der Waals surface area contributed by atoms with Gasteiger partial charge in [-0.05, 0) is 56.2 Å². The van der Waals surface area contributed by atoms with Gasteiger partial charge in [-0.3, -0.25) is 4.79 Å². The molecule has 8 nitrogen and oxygen atoms in total. The van der Waals surface area contributed by atoms with Crippen LogP contribution in [0.2, 0.25) is 0 Å². The molecule has 1 fully saturated rings. The number of carbonyl (C=O) groups is 1. The summed E-state index contributed by atoms with van der Waals surface area (Å²) in [7, 11) is -0.824. The maximum Gasteiger partial charge on any atom is 0.243 e. The molecule has 0 bridgehead atoms. The monoisotopic (exact) mass is 448 g/mol. The fraction of sp³-hybridized carbons (Fsp3) is 0.409. The van der Waals surface area contributed by atoms with Crippen LogP contribution in [0.4, 0.5) is 5.69 Å². The summed E-state index contributed by atoms with van der Waals surface area (Å²) in [4.78, 5) is 12.9. The third-order valence-corrected chi connectivity index (χ3v) is 7.04. The first-order chi connectivity index (χ1) is 14.9. The maximum atomic E-state index is 13.2. The molecule has 9 heteroatoms. The minimum atomic E-state index is -3.77. The Morgan fingerprint density at radius 3 is 2.45 bits per heavy atom. The van der Waals surface area contributed by atoms with Crippen molar-refractivity contribution in [2.45, 2.75) is 24.7 Å². The van der Waals surface area contributed by atoms with E-state index in [-0.39, 0.29) is 17.3 Å². The standard InChI is InChI=1S/C22H28N2O6S/c1-4-30-18-9-7-17(8-10-18)23-22(25)16-6-5-13-24(15-16)31(26,27)19-11-12-20(28-2)21(14-19)29-3/h7-12,14,16H,4-6,13,15H2,1-3H3,(H,23,25)/t16-/m0/s1. The zero-order valence-electron chi connectivity index (χ0n) is 18.0. The van der Waals surface area contributed by atoms with Crippen LogP contribution in [0.25, 0.3) is 0 Å². The van der Waals surface area contributed by atoms with Gasteiger partial charge in [0.15, 0.2) is 11.5 Å². The third-order valence-electron chi connectivity index (χ3n) is 5.18. The lowest BCUT2D eigenvalue weighted by molar-refractivity contribution is -0.120. The summed E-state index contributed by atoms with van der Waals surface area (Å²) in [6, 6.07) is 11.6. The van der Waals surface area contributed by atoms with E-state index in [9.17, 15) is 13.2 Å². The van der Waals surface area contributed by atoms with E-state index in [4.69, 9.17) is 14.2 Å². The van der Waals surface area contributed by atoms with Crippen LogP contribution in [0.3, 0.4) is 0 Å². The summed E-state index contributed by atoms with van der Waals surface area (Å²) in [5.74, 6) is 0.884. The van der Waals surface area contributed by atoms with Gasteiger partial charge in [-0.25, -0.2) is 8.42 Å². The van der Waals surface area contributed by atoms with Gasteiger partial charge in [-0.15, -0.1) is 0 Å². The molecule has 0 aromatic heterocycles. The van der Waals surface area contributed by atoms with E-state index in [2.05, 4.69) is 5.32 Å². The van der Waals surface area contributed by atoms with Gasteiger partial charge in [0.1, 0.15) is 5.75 Å². The molecular weight excluding hydrogens is 420 g/mol. The predicted octanol–water partition coefficient (Wildman–Crippen LogP) is 3.14. The molecule has 2 aromatic rings. The van der Waals surface area contributed by atoms with Crippen molar-refractivity contribution in [3.8, 4) is 17.2 Å². The summed E-state index contributed by atoms with van der Waals surface area (Å²) in [5.41, 5.74) is 0.647. The smallest absolute Gasteiger partial charge is 0.243 e. The minimum Gasteiger partial charge on any atom is -0.494 e. The van der Waals surface area contributed by atoms with Crippen LogP contribution in [-0.4, -0.2) is 52.5 Å². The molecular formula is C22H28N2O6S. The number of methoxy groups -OCH3 is 2. The van der Waals surface area contributed by atoms with Crippen molar-refractivity contribution in [3.05, 3.63) is 42.5 Å². The highest BCUT2D eigenvalue weighted by Gasteiger charge is 2.33. The zero-order valence-corrected chi connectivity index (χ0v) is 18.8. The van der Waals surface area contributed by atoms with Crippen LogP contribution in [0.1, 0.15) is 19.8 Å². The Hall–Kier alpha value is -2.78. The van der Waals surface area contributed by atoms with Crippen molar-refractivity contribution in [2.24, 2.45) is 5.92 Å². The second kappa shape index (κ2) is 10.0. The largest absolute Gasteiger partial charge is 0.494 e. The average Bonchev–Trinajstić information content (AvgIpc) is 2.80. The molecule has 1 amide bonds. The van der Waals surface area contributed by atoms with Crippen molar-refractivity contribution in [1.82, 2.24) is 4.31 Å².